The van der Waals surface area contributed by atoms with Gasteiger partial charge in [-0.2, -0.15) is 5.26 Å². The standard InChI is InChI=1S/C8H9Cl3N2O2/c1-2-3-15-7(14)5(4-12)6(13)8(9,10)11/h2-3,13H2,1H3/b6-5-. The van der Waals surface area contributed by atoms with Crippen LogP contribution in [0.4, 0.5) is 0 Å². The number of allylic oxidation sites excluding steroid dienone is 1. The Bertz CT molecular complexity index is 315. The molecule has 0 fully saturated rings. The minimum Gasteiger partial charge on any atom is -0.462 e. The van der Waals surface area contributed by atoms with Gasteiger partial charge in [0.2, 0.25) is 3.79 Å². The molecule has 7 heteroatoms. The Kier molecular flexibility index (Phi) is 5.81. The SMILES string of the molecule is CCCOC(=O)/C(C#N)=C(\N)C(Cl)(Cl)Cl. The van der Waals surface area contributed by atoms with Crippen LogP contribution in [0.3, 0.4) is 0 Å². The van der Waals surface area contributed by atoms with Crippen molar-refractivity contribution in [2.45, 2.75) is 17.1 Å². The van der Waals surface area contributed by atoms with E-state index >= 15 is 0 Å². The number of carbonyl (C=O) groups excluding carboxylic acids is 1. The molecule has 0 aromatic rings. The monoisotopic (exact) mass is 270 g/mol. The van der Waals surface area contributed by atoms with Crippen LogP contribution in [0, 0.1) is 11.3 Å². The lowest BCUT2D eigenvalue weighted by atomic mass is 10.2. The van der Waals surface area contributed by atoms with Gasteiger partial charge < -0.3 is 10.5 Å². The second kappa shape index (κ2) is 6.06. The maximum Gasteiger partial charge on any atom is 0.350 e. The number of nitrogens with two attached hydrogens (primary N) is 1. The first-order valence-corrected chi connectivity index (χ1v) is 5.12. The lowest BCUT2D eigenvalue weighted by Crippen LogP contribution is -2.22. The van der Waals surface area contributed by atoms with Crippen molar-refractivity contribution in [3.05, 3.63) is 11.3 Å². The average Bonchev–Trinajstić information content (AvgIpc) is 2.14. The van der Waals surface area contributed by atoms with Crippen LogP contribution in [0.15, 0.2) is 11.3 Å². The summed E-state index contributed by atoms with van der Waals surface area (Å²) in [5.41, 5.74) is 4.42. The Hall–Kier alpha value is -0.630. The van der Waals surface area contributed by atoms with Crippen molar-refractivity contribution in [2.75, 3.05) is 6.61 Å². The molecule has 2 N–H and O–H groups in total. The molecule has 0 bridgehead atoms. The highest BCUT2D eigenvalue weighted by Crippen LogP contribution is 2.33. The summed E-state index contributed by atoms with van der Waals surface area (Å²) >= 11 is 16.3. The van der Waals surface area contributed by atoms with E-state index in [0.717, 1.165) is 0 Å². The van der Waals surface area contributed by atoms with Crippen molar-refractivity contribution in [3.63, 3.8) is 0 Å². The summed E-state index contributed by atoms with van der Waals surface area (Å²) in [4.78, 5) is 11.3. The third-order valence-corrected chi connectivity index (χ3v) is 1.94. The molecule has 0 atom stereocenters. The first-order chi connectivity index (χ1) is 6.84. The fraction of sp³-hybridized carbons (Fsp3) is 0.500. The molecule has 84 valence electrons. The van der Waals surface area contributed by atoms with E-state index in [-0.39, 0.29) is 6.61 Å². The minimum atomic E-state index is -1.99. The largest absolute Gasteiger partial charge is 0.462 e. The number of nitrogens with zero attached hydrogens (tertiary/aromatic N) is 1. The van der Waals surface area contributed by atoms with Crippen LogP contribution >= 0.6 is 34.8 Å². The molecule has 0 amide bonds. The Morgan fingerprint density at radius 2 is 2.07 bits per heavy atom. The highest BCUT2D eigenvalue weighted by Gasteiger charge is 2.30. The smallest absolute Gasteiger partial charge is 0.350 e. The number of hydrogen-bond donors (Lipinski definition) is 1. The highest BCUT2D eigenvalue weighted by atomic mass is 35.6. The Balaban J connectivity index is 4.92. The summed E-state index contributed by atoms with van der Waals surface area (Å²) in [6.45, 7) is 1.98. The van der Waals surface area contributed by atoms with Gasteiger partial charge >= 0.3 is 5.97 Å². The molecule has 0 aromatic carbocycles. The van der Waals surface area contributed by atoms with Crippen LogP contribution < -0.4 is 5.73 Å². The molecule has 0 aliphatic carbocycles. The van der Waals surface area contributed by atoms with Gasteiger partial charge in [-0.1, -0.05) is 41.7 Å². The lowest BCUT2D eigenvalue weighted by molar-refractivity contribution is -0.138. The van der Waals surface area contributed by atoms with Crippen molar-refractivity contribution in [1.82, 2.24) is 0 Å². The molecule has 0 heterocycles. The number of ether oxygens (including phenoxy) is 1. The van der Waals surface area contributed by atoms with Gasteiger partial charge in [-0.25, -0.2) is 4.79 Å². The first kappa shape index (κ1) is 14.4. The molecule has 0 saturated heterocycles. The first-order valence-electron chi connectivity index (χ1n) is 3.98. The molecular weight excluding hydrogens is 262 g/mol. The van der Waals surface area contributed by atoms with Gasteiger partial charge in [-0.15, -0.1) is 0 Å². The summed E-state index contributed by atoms with van der Waals surface area (Å²) in [6, 6.07) is 1.54. The summed E-state index contributed by atoms with van der Waals surface area (Å²) < 4.78 is 2.70. The molecule has 0 aromatic heterocycles. The highest BCUT2D eigenvalue weighted by molar-refractivity contribution is 6.69. The molecule has 15 heavy (non-hydrogen) atoms. The van der Waals surface area contributed by atoms with Gasteiger partial charge in [0.15, 0.2) is 5.57 Å². The summed E-state index contributed by atoms with van der Waals surface area (Å²) in [5.74, 6) is -0.886. The van der Waals surface area contributed by atoms with Crippen LogP contribution in [0.25, 0.3) is 0 Å². The molecule has 4 nitrogen and oxygen atoms in total. The maximum atomic E-state index is 11.3. The summed E-state index contributed by atoms with van der Waals surface area (Å²) in [6.07, 6.45) is 0.623. The quantitative estimate of drug-likeness (QED) is 0.369. The third kappa shape index (κ3) is 4.61. The third-order valence-electron chi connectivity index (χ3n) is 1.33. The normalized spacial score (nSPS) is 12.7. The Morgan fingerprint density at radius 3 is 2.40 bits per heavy atom. The number of esters is 1. The molecule has 0 unspecified atom stereocenters. The number of hydrogen-bond acceptors (Lipinski definition) is 4. The van der Waals surface area contributed by atoms with E-state index in [9.17, 15) is 4.79 Å². The number of carbonyl (C=O) groups is 1. The van der Waals surface area contributed by atoms with E-state index in [2.05, 4.69) is 4.74 Å². The Labute approximate surface area is 103 Å². The minimum absolute atomic E-state index is 0.178. The average molecular weight is 272 g/mol. The second-order valence-electron chi connectivity index (χ2n) is 2.53. The van der Waals surface area contributed by atoms with Crippen molar-refractivity contribution >= 4 is 40.8 Å². The van der Waals surface area contributed by atoms with Crippen molar-refractivity contribution < 1.29 is 9.53 Å². The van der Waals surface area contributed by atoms with Gasteiger partial charge in [0, 0.05) is 0 Å². The van der Waals surface area contributed by atoms with Crippen LogP contribution in [0.1, 0.15) is 13.3 Å². The van der Waals surface area contributed by atoms with E-state index in [1.165, 1.54) is 0 Å². The van der Waals surface area contributed by atoms with Gasteiger partial charge in [-0.05, 0) is 6.42 Å². The van der Waals surface area contributed by atoms with Gasteiger partial charge in [-0.3, -0.25) is 0 Å². The zero-order chi connectivity index (χ0) is 12.1. The molecule has 0 radical (unpaired) electrons. The topological polar surface area (TPSA) is 76.1 Å². The second-order valence-corrected chi connectivity index (χ2v) is 4.82. The zero-order valence-corrected chi connectivity index (χ0v) is 10.2. The Morgan fingerprint density at radius 1 is 1.53 bits per heavy atom. The molecule has 0 spiro atoms. The molecule has 0 aliphatic rings. The van der Waals surface area contributed by atoms with Crippen molar-refractivity contribution in [3.8, 4) is 6.07 Å². The molecule has 0 saturated carbocycles. The predicted molar refractivity (Wildman–Crippen MR) is 58.4 cm³/mol. The van der Waals surface area contributed by atoms with E-state index in [0.29, 0.717) is 6.42 Å². The van der Waals surface area contributed by atoms with Gasteiger partial charge in [0.25, 0.3) is 0 Å². The number of rotatable bonds is 3. The van der Waals surface area contributed by atoms with Crippen molar-refractivity contribution in [1.29, 1.82) is 5.26 Å². The summed E-state index contributed by atoms with van der Waals surface area (Å²) in [5, 5.41) is 8.66. The van der Waals surface area contributed by atoms with E-state index in [1.54, 1.807) is 13.0 Å². The van der Waals surface area contributed by atoms with Gasteiger partial charge in [0.05, 0.1) is 12.3 Å². The fourth-order valence-corrected chi connectivity index (χ4v) is 0.908. The van der Waals surface area contributed by atoms with E-state index in [1.807, 2.05) is 0 Å². The van der Waals surface area contributed by atoms with E-state index in [4.69, 9.17) is 45.8 Å². The number of halogens is 3. The number of nitriles is 1. The number of alkyl halides is 3. The molecular formula is C8H9Cl3N2O2. The zero-order valence-electron chi connectivity index (χ0n) is 7.89. The van der Waals surface area contributed by atoms with Crippen LogP contribution in [0.2, 0.25) is 0 Å². The van der Waals surface area contributed by atoms with Crippen LogP contribution in [-0.2, 0) is 9.53 Å². The molecule has 0 aliphatic heterocycles. The maximum absolute atomic E-state index is 11.3. The lowest BCUT2D eigenvalue weighted by Gasteiger charge is -2.12. The van der Waals surface area contributed by atoms with E-state index < -0.39 is 21.0 Å². The van der Waals surface area contributed by atoms with Crippen LogP contribution in [0.5, 0.6) is 0 Å². The fourth-order valence-electron chi connectivity index (χ4n) is 0.624. The van der Waals surface area contributed by atoms with Gasteiger partial charge in [0.1, 0.15) is 6.07 Å². The van der Waals surface area contributed by atoms with Crippen molar-refractivity contribution in [2.24, 2.45) is 5.73 Å². The predicted octanol–water partition coefficient (Wildman–Crippen LogP) is 2.05. The molecule has 0 rings (SSSR count). The summed E-state index contributed by atoms with van der Waals surface area (Å²) in [7, 11) is 0. The van der Waals surface area contributed by atoms with Crippen LogP contribution in [-0.4, -0.2) is 16.4 Å².